The first-order valence-electron chi connectivity index (χ1n) is 4.17. The third-order valence-electron chi connectivity index (χ3n) is 1.65. The van der Waals surface area contributed by atoms with Gasteiger partial charge in [-0.15, -0.1) is 0 Å². The Balaban J connectivity index is 2.48. The van der Waals surface area contributed by atoms with E-state index in [0.29, 0.717) is 28.8 Å². The van der Waals surface area contributed by atoms with E-state index in [1.54, 1.807) is 18.2 Å². The van der Waals surface area contributed by atoms with Crippen molar-refractivity contribution < 1.29 is 9.94 Å². The molecule has 0 bridgehead atoms. The van der Waals surface area contributed by atoms with Crippen LogP contribution in [0.4, 0.5) is 0 Å². The van der Waals surface area contributed by atoms with E-state index < -0.39 is 0 Å². The van der Waals surface area contributed by atoms with Gasteiger partial charge in [0.1, 0.15) is 11.6 Å². The summed E-state index contributed by atoms with van der Waals surface area (Å²) in [6.07, 6.45) is 0.344. The van der Waals surface area contributed by atoms with Crippen LogP contribution in [0.25, 0.3) is 0 Å². The molecule has 15 heavy (non-hydrogen) atoms. The van der Waals surface area contributed by atoms with Crippen molar-refractivity contribution in [1.29, 1.82) is 0 Å². The molecule has 0 saturated heterocycles. The first kappa shape index (κ1) is 11.9. The molecule has 4 nitrogen and oxygen atoms in total. The molecule has 0 aromatic heterocycles. The number of rotatable bonds is 4. The zero-order valence-electron chi connectivity index (χ0n) is 7.78. The fraction of sp³-hybridized carbons (Fsp3) is 0.222. The van der Waals surface area contributed by atoms with Crippen molar-refractivity contribution in [2.75, 3.05) is 6.61 Å². The molecule has 0 spiro atoms. The maximum absolute atomic E-state index is 8.28. The molecular formula is C9H10Cl2N2O2. The number of ether oxygens (including phenoxy) is 1. The van der Waals surface area contributed by atoms with Crippen LogP contribution in [0.15, 0.2) is 23.4 Å². The van der Waals surface area contributed by atoms with Crippen molar-refractivity contribution in [1.82, 2.24) is 0 Å². The topological polar surface area (TPSA) is 67.8 Å². The van der Waals surface area contributed by atoms with Gasteiger partial charge in [-0.3, -0.25) is 0 Å². The largest absolute Gasteiger partial charge is 0.493 e. The average Bonchev–Trinajstić information content (AvgIpc) is 2.23. The predicted octanol–water partition coefficient (Wildman–Crippen LogP) is 2.51. The molecule has 0 aliphatic carbocycles. The summed E-state index contributed by atoms with van der Waals surface area (Å²) in [5.74, 6) is 0.713. The number of amidine groups is 1. The normalized spacial score (nSPS) is 11.5. The van der Waals surface area contributed by atoms with Crippen molar-refractivity contribution >= 4 is 29.0 Å². The molecule has 0 aliphatic heterocycles. The van der Waals surface area contributed by atoms with Gasteiger partial charge in [0.2, 0.25) is 0 Å². The van der Waals surface area contributed by atoms with E-state index in [0.717, 1.165) is 0 Å². The van der Waals surface area contributed by atoms with Crippen LogP contribution in [0.3, 0.4) is 0 Å². The van der Waals surface area contributed by atoms with Gasteiger partial charge >= 0.3 is 0 Å². The van der Waals surface area contributed by atoms with Gasteiger partial charge in [0, 0.05) is 12.5 Å². The van der Waals surface area contributed by atoms with Crippen LogP contribution in [0.5, 0.6) is 5.75 Å². The molecule has 0 atom stereocenters. The fourth-order valence-corrected chi connectivity index (χ4v) is 1.18. The van der Waals surface area contributed by atoms with E-state index in [1.807, 2.05) is 0 Å². The Morgan fingerprint density at radius 2 is 2.13 bits per heavy atom. The van der Waals surface area contributed by atoms with E-state index in [-0.39, 0.29) is 5.84 Å². The highest BCUT2D eigenvalue weighted by Crippen LogP contribution is 2.26. The number of hydrogen-bond acceptors (Lipinski definition) is 3. The minimum atomic E-state index is 0.120. The lowest BCUT2D eigenvalue weighted by atomic mass is 10.3. The van der Waals surface area contributed by atoms with Crippen molar-refractivity contribution in [2.24, 2.45) is 10.9 Å². The number of nitrogens with zero attached hydrogens (tertiary/aromatic N) is 1. The smallest absolute Gasteiger partial charge is 0.142 e. The van der Waals surface area contributed by atoms with Gasteiger partial charge in [-0.25, -0.2) is 0 Å². The summed E-state index contributed by atoms with van der Waals surface area (Å²) in [6.45, 7) is 0.313. The zero-order valence-corrected chi connectivity index (χ0v) is 9.29. The van der Waals surface area contributed by atoms with Crippen LogP contribution < -0.4 is 10.5 Å². The molecule has 1 aromatic rings. The van der Waals surface area contributed by atoms with Gasteiger partial charge in [0.15, 0.2) is 0 Å². The second kappa shape index (κ2) is 5.68. The molecule has 0 unspecified atom stereocenters. The predicted molar refractivity (Wildman–Crippen MR) is 60.0 cm³/mol. The summed E-state index contributed by atoms with van der Waals surface area (Å²) in [6, 6.07) is 4.94. The average molecular weight is 249 g/mol. The quantitative estimate of drug-likeness (QED) is 0.373. The summed E-state index contributed by atoms with van der Waals surface area (Å²) in [4.78, 5) is 0. The fourth-order valence-electron chi connectivity index (χ4n) is 0.890. The van der Waals surface area contributed by atoms with Gasteiger partial charge in [0.25, 0.3) is 0 Å². The van der Waals surface area contributed by atoms with Crippen LogP contribution in [0.2, 0.25) is 10.0 Å². The third-order valence-corrected chi connectivity index (χ3v) is 2.39. The number of halogens is 2. The number of nitrogens with two attached hydrogens (primary N) is 1. The molecule has 0 heterocycles. The van der Waals surface area contributed by atoms with Crippen molar-refractivity contribution in [3.63, 3.8) is 0 Å². The molecule has 82 valence electrons. The lowest BCUT2D eigenvalue weighted by Crippen LogP contribution is -2.15. The van der Waals surface area contributed by atoms with E-state index in [1.165, 1.54) is 0 Å². The van der Waals surface area contributed by atoms with Crippen molar-refractivity contribution in [3.05, 3.63) is 28.2 Å². The van der Waals surface area contributed by atoms with Crippen LogP contribution in [0, 0.1) is 0 Å². The van der Waals surface area contributed by atoms with Crippen LogP contribution in [-0.2, 0) is 0 Å². The summed E-state index contributed by atoms with van der Waals surface area (Å²) in [5.41, 5.74) is 5.26. The minimum absolute atomic E-state index is 0.120. The summed E-state index contributed by atoms with van der Waals surface area (Å²) < 4.78 is 5.30. The maximum Gasteiger partial charge on any atom is 0.142 e. The van der Waals surface area contributed by atoms with Crippen LogP contribution in [-0.4, -0.2) is 17.6 Å². The Labute approximate surface area is 97.2 Å². The third kappa shape index (κ3) is 3.85. The lowest BCUT2D eigenvalue weighted by Gasteiger charge is -2.06. The Morgan fingerprint density at radius 1 is 1.40 bits per heavy atom. The van der Waals surface area contributed by atoms with Gasteiger partial charge in [0.05, 0.1) is 16.7 Å². The van der Waals surface area contributed by atoms with E-state index in [4.69, 9.17) is 38.9 Å². The molecule has 0 radical (unpaired) electrons. The van der Waals surface area contributed by atoms with Crippen molar-refractivity contribution in [2.45, 2.75) is 6.42 Å². The van der Waals surface area contributed by atoms with E-state index in [2.05, 4.69) is 5.16 Å². The summed E-state index contributed by atoms with van der Waals surface area (Å²) in [7, 11) is 0. The SMILES string of the molecule is N/C(CCOc1ccc(Cl)c(Cl)c1)=N\O. The van der Waals surface area contributed by atoms with E-state index >= 15 is 0 Å². The summed E-state index contributed by atoms with van der Waals surface area (Å²) >= 11 is 11.5. The molecule has 0 aliphatic rings. The maximum atomic E-state index is 8.28. The van der Waals surface area contributed by atoms with Gasteiger partial charge in [-0.05, 0) is 12.1 Å². The first-order valence-corrected chi connectivity index (χ1v) is 4.93. The molecule has 0 fully saturated rings. The van der Waals surface area contributed by atoms with Gasteiger partial charge in [-0.1, -0.05) is 28.4 Å². The number of benzene rings is 1. The standard InChI is InChI=1S/C9H10Cl2N2O2/c10-7-2-1-6(5-8(7)11)15-4-3-9(12)13-14/h1-2,5,14H,3-4H2,(H2,12,13). The molecule has 0 saturated carbocycles. The Kier molecular flexibility index (Phi) is 4.52. The monoisotopic (exact) mass is 248 g/mol. The van der Waals surface area contributed by atoms with Crippen LogP contribution in [0.1, 0.15) is 6.42 Å². The highest BCUT2D eigenvalue weighted by molar-refractivity contribution is 6.42. The van der Waals surface area contributed by atoms with Gasteiger partial charge < -0.3 is 15.7 Å². The molecule has 3 N–H and O–H groups in total. The Hall–Kier alpha value is -1.13. The Bertz CT molecular complexity index is 369. The number of hydrogen-bond donors (Lipinski definition) is 2. The molecule has 6 heteroatoms. The molecular weight excluding hydrogens is 239 g/mol. The number of oxime groups is 1. The minimum Gasteiger partial charge on any atom is -0.493 e. The second-order valence-electron chi connectivity index (χ2n) is 2.77. The molecule has 1 aromatic carbocycles. The van der Waals surface area contributed by atoms with E-state index in [9.17, 15) is 0 Å². The highest BCUT2D eigenvalue weighted by Gasteiger charge is 2.00. The summed E-state index contributed by atoms with van der Waals surface area (Å²) in [5, 5.41) is 12.0. The lowest BCUT2D eigenvalue weighted by molar-refractivity contribution is 0.305. The molecule has 1 rings (SSSR count). The highest BCUT2D eigenvalue weighted by atomic mass is 35.5. The van der Waals surface area contributed by atoms with Crippen LogP contribution >= 0.6 is 23.2 Å². The van der Waals surface area contributed by atoms with Crippen molar-refractivity contribution in [3.8, 4) is 5.75 Å². The zero-order chi connectivity index (χ0) is 11.3. The molecule has 0 amide bonds. The second-order valence-corrected chi connectivity index (χ2v) is 3.58. The first-order chi connectivity index (χ1) is 7.13. The Morgan fingerprint density at radius 3 is 2.73 bits per heavy atom. The van der Waals surface area contributed by atoms with Gasteiger partial charge in [-0.2, -0.15) is 0 Å².